The average Bonchev–Trinajstić information content (AvgIpc) is 2.95. The van der Waals surface area contributed by atoms with Crippen LogP contribution in [0.15, 0.2) is 46.3 Å². The van der Waals surface area contributed by atoms with Crippen molar-refractivity contribution >= 4 is 63.8 Å². The summed E-state index contributed by atoms with van der Waals surface area (Å²) in [7, 11) is 0. The molecule has 1 fully saturated rings. The number of rotatable bonds is 5. The molecule has 28 heavy (non-hydrogen) atoms. The summed E-state index contributed by atoms with van der Waals surface area (Å²) in [6.45, 7) is 1.43. The van der Waals surface area contributed by atoms with Gasteiger partial charge in [0.15, 0.2) is 17.5 Å². The van der Waals surface area contributed by atoms with Gasteiger partial charge in [-0.3, -0.25) is 4.79 Å². The number of ether oxygens (including phenoxy) is 1. The number of halogens is 2. The number of aryl methyl sites for hydroxylation is 1. The van der Waals surface area contributed by atoms with Gasteiger partial charge in [-0.05, 0) is 54.6 Å². The molecule has 1 saturated heterocycles. The Labute approximate surface area is 175 Å². The Hall–Kier alpha value is -2.48. The van der Waals surface area contributed by atoms with E-state index in [0.717, 1.165) is 11.3 Å². The highest BCUT2D eigenvalue weighted by atomic mass is 35.5. The van der Waals surface area contributed by atoms with Crippen LogP contribution in [0, 0.1) is 6.92 Å². The minimum atomic E-state index is -1.14. The number of carboxylic acid groups (broad SMARTS) is 1. The van der Waals surface area contributed by atoms with Gasteiger partial charge in [0.2, 0.25) is 0 Å². The Kier molecular flexibility index (Phi) is 6.28. The molecule has 1 aliphatic rings. The number of carbonyl (C=O) groups is 2. The lowest BCUT2D eigenvalue weighted by Gasteiger charge is -2.09. The van der Waals surface area contributed by atoms with Crippen molar-refractivity contribution in [3.8, 4) is 5.75 Å². The predicted octanol–water partition coefficient (Wildman–Crippen LogP) is 4.66. The maximum atomic E-state index is 12.2. The van der Waals surface area contributed by atoms with E-state index in [9.17, 15) is 9.59 Å². The van der Waals surface area contributed by atoms with Crippen LogP contribution in [0.25, 0.3) is 6.08 Å². The number of nitrogens with one attached hydrogen (secondary N) is 1. The highest BCUT2D eigenvalue weighted by Crippen LogP contribution is 2.36. The molecule has 2 aromatic carbocycles. The van der Waals surface area contributed by atoms with Crippen LogP contribution in [0.4, 0.5) is 5.69 Å². The number of benzene rings is 2. The topological polar surface area (TPSA) is 88.0 Å². The molecule has 9 heteroatoms. The van der Waals surface area contributed by atoms with Crippen molar-refractivity contribution in [3.63, 3.8) is 0 Å². The number of carboxylic acids is 1. The first-order chi connectivity index (χ1) is 13.3. The summed E-state index contributed by atoms with van der Waals surface area (Å²) in [6.07, 6.45) is 1.62. The molecular formula is C19H14Cl2N2O4S. The van der Waals surface area contributed by atoms with Crippen LogP contribution < -0.4 is 10.1 Å². The molecule has 1 amide bonds. The molecule has 0 aromatic heterocycles. The van der Waals surface area contributed by atoms with Gasteiger partial charge in [0, 0.05) is 0 Å². The Morgan fingerprint density at radius 1 is 1.25 bits per heavy atom. The van der Waals surface area contributed by atoms with Crippen LogP contribution in [0.5, 0.6) is 5.75 Å². The predicted molar refractivity (Wildman–Crippen MR) is 112 cm³/mol. The zero-order valence-electron chi connectivity index (χ0n) is 14.5. The smallest absolute Gasteiger partial charge is 0.341 e. The maximum absolute atomic E-state index is 12.2. The summed E-state index contributed by atoms with van der Waals surface area (Å²) in [4.78, 5) is 27.7. The molecule has 3 rings (SSSR count). The molecule has 2 N–H and O–H groups in total. The SMILES string of the molecule is Cc1ccc(N=C2NC(=O)/C(=C\c3cc(Cl)c(OCC(=O)O)c(Cl)c3)S2)cc1. The van der Waals surface area contributed by atoms with Crippen molar-refractivity contribution in [1.29, 1.82) is 0 Å². The molecule has 0 unspecified atom stereocenters. The van der Waals surface area contributed by atoms with Gasteiger partial charge in [-0.15, -0.1) is 0 Å². The van der Waals surface area contributed by atoms with Gasteiger partial charge in [0.25, 0.3) is 5.91 Å². The normalized spacial score (nSPS) is 16.5. The number of nitrogens with zero attached hydrogens (tertiary/aromatic N) is 1. The lowest BCUT2D eigenvalue weighted by atomic mass is 10.2. The fraction of sp³-hybridized carbons (Fsp3) is 0.105. The highest BCUT2D eigenvalue weighted by Gasteiger charge is 2.24. The summed E-state index contributed by atoms with van der Waals surface area (Å²) >= 11 is 13.5. The second kappa shape index (κ2) is 8.68. The number of carbonyl (C=O) groups excluding carboxylic acids is 1. The molecular weight excluding hydrogens is 423 g/mol. The second-order valence-corrected chi connectivity index (χ2v) is 7.66. The van der Waals surface area contributed by atoms with Gasteiger partial charge >= 0.3 is 5.97 Å². The quantitative estimate of drug-likeness (QED) is 0.665. The van der Waals surface area contributed by atoms with E-state index in [4.69, 9.17) is 33.0 Å². The molecule has 6 nitrogen and oxygen atoms in total. The Balaban J connectivity index is 1.80. The Bertz CT molecular complexity index is 980. The summed E-state index contributed by atoms with van der Waals surface area (Å²) in [5, 5.41) is 12.2. The first-order valence-electron chi connectivity index (χ1n) is 8.02. The average molecular weight is 437 g/mol. The molecule has 2 aromatic rings. The largest absolute Gasteiger partial charge is 0.479 e. The standard InChI is InChI=1S/C19H14Cl2N2O4S/c1-10-2-4-12(5-3-10)22-19-23-18(26)15(28-19)8-11-6-13(20)17(14(21)7-11)27-9-16(24)25/h2-8H,9H2,1H3,(H,24,25)(H,22,23,26)/b15-8+. The minimum Gasteiger partial charge on any atom is -0.479 e. The van der Waals surface area contributed by atoms with Crippen molar-refractivity contribution in [2.75, 3.05) is 6.61 Å². The minimum absolute atomic E-state index is 0.0815. The zero-order chi connectivity index (χ0) is 20.3. The van der Waals surface area contributed by atoms with Crippen molar-refractivity contribution in [2.24, 2.45) is 4.99 Å². The number of hydrogen-bond acceptors (Lipinski definition) is 5. The molecule has 0 atom stereocenters. The van der Waals surface area contributed by atoms with Crippen LogP contribution >= 0.6 is 35.0 Å². The van der Waals surface area contributed by atoms with Crippen molar-refractivity contribution < 1.29 is 19.4 Å². The molecule has 144 valence electrons. The highest BCUT2D eigenvalue weighted by molar-refractivity contribution is 8.18. The van der Waals surface area contributed by atoms with Gasteiger partial charge < -0.3 is 15.2 Å². The van der Waals surface area contributed by atoms with Crippen LogP contribution in [0.3, 0.4) is 0 Å². The van der Waals surface area contributed by atoms with Crippen LogP contribution in [-0.4, -0.2) is 28.8 Å². The van der Waals surface area contributed by atoms with E-state index in [1.807, 2.05) is 31.2 Å². The number of amidine groups is 1. The molecule has 0 saturated carbocycles. The number of aliphatic carboxylic acids is 1. The monoisotopic (exact) mass is 436 g/mol. The fourth-order valence-electron chi connectivity index (χ4n) is 2.30. The Morgan fingerprint density at radius 2 is 1.89 bits per heavy atom. The van der Waals surface area contributed by atoms with Gasteiger partial charge in [-0.25, -0.2) is 9.79 Å². The van der Waals surface area contributed by atoms with E-state index in [1.54, 1.807) is 18.2 Å². The van der Waals surface area contributed by atoms with Crippen molar-refractivity contribution in [2.45, 2.75) is 6.92 Å². The molecule has 0 spiro atoms. The van der Waals surface area contributed by atoms with E-state index in [0.29, 0.717) is 15.6 Å². The summed E-state index contributed by atoms with van der Waals surface area (Å²) in [6, 6.07) is 10.7. The summed E-state index contributed by atoms with van der Waals surface area (Å²) in [5.41, 5.74) is 2.43. The van der Waals surface area contributed by atoms with E-state index >= 15 is 0 Å². The number of amides is 1. The van der Waals surface area contributed by atoms with Crippen LogP contribution in [-0.2, 0) is 9.59 Å². The molecule has 1 aliphatic heterocycles. The lowest BCUT2D eigenvalue weighted by Crippen LogP contribution is -2.19. The number of hydrogen-bond donors (Lipinski definition) is 2. The third-order valence-corrected chi connectivity index (χ3v) is 5.05. The van der Waals surface area contributed by atoms with E-state index < -0.39 is 12.6 Å². The number of thioether (sulfide) groups is 1. The van der Waals surface area contributed by atoms with Crippen LogP contribution in [0.1, 0.15) is 11.1 Å². The first-order valence-corrected chi connectivity index (χ1v) is 9.59. The van der Waals surface area contributed by atoms with Crippen molar-refractivity contribution in [1.82, 2.24) is 5.32 Å². The number of aliphatic imine (C=N–C) groups is 1. The lowest BCUT2D eigenvalue weighted by molar-refractivity contribution is -0.139. The van der Waals surface area contributed by atoms with Gasteiger partial charge in [-0.2, -0.15) is 0 Å². The Morgan fingerprint density at radius 3 is 2.50 bits per heavy atom. The van der Waals surface area contributed by atoms with E-state index in [1.165, 1.54) is 11.8 Å². The first kappa shape index (κ1) is 20.3. The molecule has 0 bridgehead atoms. The second-order valence-electron chi connectivity index (χ2n) is 5.81. The van der Waals surface area contributed by atoms with Crippen molar-refractivity contribution in [3.05, 3.63) is 62.5 Å². The molecule has 0 aliphatic carbocycles. The molecule has 1 heterocycles. The fourth-order valence-corrected chi connectivity index (χ4v) is 3.76. The molecule has 0 radical (unpaired) electrons. The summed E-state index contributed by atoms with van der Waals surface area (Å²) in [5.74, 6) is -1.34. The summed E-state index contributed by atoms with van der Waals surface area (Å²) < 4.78 is 5.08. The van der Waals surface area contributed by atoms with Crippen LogP contribution in [0.2, 0.25) is 10.0 Å². The van der Waals surface area contributed by atoms with Gasteiger partial charge in [-0.1, -0.05) is 40.9 Å². The maximum Gasteiger partial charge on any atom is 0.341 e. The third kappa shape index (κ3) is 5.07. The van der Waals surface area contributed by atoms with E-state index in [2.05, 4.69) is 10.3 Å². The van der Waals surface area contributed by atoms with Gasteiger partial charge in [0.1, 0.15) is 0 Å². The van der Waals surface area contributed by atoms with E-state index in [-0.39, 0.29) is 21.7 Å². The zero-order valence-corrected chi connectivity index (χ0v) is 16.9. The van der Waals surface area contributed by atoms with Gasteiger partial charge in [0.05, 0.1) is 20.6 Å². The third-order valence-electron chi connectivity index (χ3n) is 3.57.